The van der Waals surface area contributed by atoms with E-state index in [-0.39, 0.29) is 5.97 Å². The van der Waals surface area contributed by atoms with Crippen LogP contribution in [0.15, 0.2) is 30.6 Å². The molecule has 0 amide bonds. The van der Waals surface area contributed by atoms with Crippen LogP contribution in [0.2, 0.25) is 5.02 Å². The molecule has 3 aromatic rings. The maximum absolute atomic E-state index is 11.8. The highest BCUT2D eigenvalue weighted by atomic mass is 35.5. The van der Waals surface area contributed by atoms with Crippen molar-refractivity contribution in [2.75, 3.05) is 12.4 Å². The number of aryl methyl sites for hydroxylation is 1. The molecule has 112 valence electrons. The number of nitrogens with one attached hydrogen (secondary N) is 1. The molecule has 0 bridgehead atoms. The zero-order valence-electron chi connectivity index (χ0n) is 11.9. The molecule has 1 aromatic carbocycles. The monoisotopic (exact) mass is 333 g/mol. The van der Waals surface area contributed by atoms with Crippen LogP contribution in [-0.2, 0) is 4.74 Å². The van der Waals surface area contributed by atoms with Crippen molar-refractivity contribution in [1.29, 1.82) is 0 Å². The Kier molecular flexibility index (Phi) is 3.96. The predicted octanol–water partition coefficient (Wildman–Crippen LogP) is 4.18. The molecule has 0 aliphatic heterocycles. The molecule has 0 atom stereocenters. The van der Waals surface area contributed by atoms with Gasteiger partial charge in [-0.05, 0) is 24.6 Å². The summed E-state index contributed by atoms with van der Waals surface area (Å²) in [5.41, 5.74) is 1.54. The van der Waals surface area contributed by atoms with Crippen molar-refractivity contribution >= 4 is 50.6 Å². The SMILES string of the molecule is COC(=O)c1sc2ncnc(Nc3ccccc3Cl)c2c1C. The lowest BCUT2D eigenvalue weighted by atomic mass is 10.2. The zero-order chi connectivity index (χ0) is 15.7. The van der Waals surface area contributed by atoms with Crippen LogP contribution in [-0.4, -0.2) is 23.0 Å². The molecule has 7 heteroatoms. The Bertz CT molecular complexity index is 863. The van der Waals surface area contributed by atoms with Crippen LogP contribution < -0.4 is 5.32 Å². The number of fused-ring (bicyclic) bond motifs is 1. The normalized spacial score (nSPS) is 10.7. The molecular weight excluding hydrogens is 322 g/mol. The van der Waals surface area contributed by atoms with Gasteiger partial charge in [0.15, 0.2) is 0 Å². The molecule has 0 aliphatic carbocycles. The first-order valence-electron chi connectivity index (χ1n) is 6.45. The molecule has 5 nitrogen and oxygen atoms in total. The molecule has 0 saturated carbocycles. The van der Waals surface area contributed by atoms with Gasteiger partial charge >= 0.3 is 5.97 Å². The number of carbonyl (C=O) groups excluding carboxylic acids is 1. The summed E-state index contributed by atoms with van der Waals surface area (Å²) in [6.07, 6.45) is 1.46. The summed E-state index contributed by atoms with van der Waals surface area (Å²) in [5.74, 6) is 0.242. The second-order valence-electron chi connectivity index (χ2n) is 4.56. The van der Waals surface area contributed by atoms with Gasteiger partial charge in [0.05, 0.1) is 23.2 Å². The van der Waals surface area contributed by atoms with Crippen molar-refractivity contribution in [2.24, 2.45) is 0 Å². The second kappa shape index (κ2) is 5.90. The van der Waals surface area contributed by atoms with Crippen LogP contribution in [0.5, 0.6) is 0 Å². The first kappa shape index (κ1) is 14.7. The van der Waals surface area contributed by atoms with Gasteiger partial charge in [-0.15, -0.1) is 11.3 Å². The fourth-order valence-corrected chi connectivity index (χ4v) is 3.39. The number of ether oxygens (including phenoxy) is 1. The summed E-state index contributed by atoms with van der Waals surface area (Å²) in [7, 11) is 1.36. The van der Waals surface area contributed by atoms with Crippen LogP contribution in [0.25, 0.3) is 10.2 Å². The molecule has 0 fully saturated rings. The fourth-order valence-electron chi connectivity index (χ4n) is 2.14. The van der Waals surface area contributed by atoms with E-state index in [0.717, 1.165) is 21.5 Å². The summed E-state index contributed by atoms with van der Waals surface area (Å²) in [6, 6.07) is 7.39. The molecule has 22 heavy (non-hydrogen) atoms. The highest BCUT2D eigenvalue weighted by molar-refractivity contribution is 7.20. The number of nitrogens with zero attached hydrogens (tertiary/aromatic N) is 2. The van der Waals surface area contributed by atoms with E-state index in [1.807, 2.05) is 25.1 Å². The van der Waals surface area contributed by atoms with Gasteiger partial charge in [0.1, 0.15) is 21.9 Å². The summed E-state index contributed by atoms with van der Waals surface area (Å²) in [5, 5.41) is 4.59. The Morgan fingerprint density at radius 2 is 2.09 bits per heavy atom. The Hall–Kier alpha value is -2.18. The number of esters is 1. The second-order valence-corrected chi connectivity index (χ2v) is 5.96. The number of thiophene rings is 1. The third kappa shape index (κ3) is 2.51. The Morgan fingerprint density at radius 3 is 2.82 bits per heavy atom. The molecule has 0 aliphatic rings. The van der Waals surface area contributed by atoms with Gasteiger partial charge in [-0.3, -0.25) is 0 Å². The van der Waals surface area contributed by atoms with Crippen molar-refractivity contribution in [3.05, 3.63) is 46.1 Å². The number of carbonyl (C=O) groups is 1. The Labute approximate surface area is 135 Å². The van der Waals surface area contributed by atoms with Crippen molar-refractivity contribution in [3.63, 3.8) is 0 Å². The van der Waals surface area contributed by atoms with Crippen LogP contribution in [0.3, 0.4) is 0 Å². The number of hydrogen-bond donors (Lipinski definition) is 1. The van der Waals surface area contributed by atoms with E-state index in [4.69, 9.17) is 16.3 Å². The minimum atomic E-state index is -0.371. The maximum Gasteiger partial charge on any atom is 0.348 e. The third-order valence-corrected chi connectivity index (χ3v) is 4.73. The van der Waals surface area contributed by atoms with Crippen LogP contribution in [0, 0.1) is 6.92 Å². The highest BCUT2D eigenvalue weighted by Gasteiger charge is 2.19. The molecule has 1 N–H and O–H groups in total. The maximum atomic E-state index is 11.8. The average molecular weight is 334 g/mol. The van der Waals surface area contributed by atoms with E-state index >= 15 is 0 Å². The third-order valence-electron chi connectivity index (χ3n) is 3.22. The number of halogens is 1. The Balaban J connectivity index is 2.13. The lowest BCUT2D eigenvalue weighted by molar-refractivity contribution is 0.0605. The lowest BCUT2D eigenvalue weighted by Crippen LogP contribution is -2.00. The molecule has 0 spiro atoms. The van der Waals surface area contributed by atoms with E-state index < -0.39 is 0 Å². The first-order chi connectivity index (χ1) is 10.6. The van der Waals surface area contributed by atoms with Crippen molar-refractivity contribution in [2.45, 2.75) is 6.92 Å². The fraction of sp³-hybridized carbons (Fsp3) is 0.133. The van der Waals surface area contributed by atoms with Crippen molar-refractivity contribution < 1.29 is 9.53 Å². The highest BCUT2D eigenvalue weighted by Crippen LogP contribution is 2.35. The van der Waals surface area contributed by atoms with E-state index in [1.165, 1.54) is 24.8 Å². The minimum Gasteiger partial charge on any atom is -0.465 e. The smallest absolute Gasteiger partial charge is 0.348 e. The van der Waals surface area contributed by atoms with Gasteiger partial charge in [0.25, 0.3) is 0 Å². The van der Waals surface area contributed by atoms with Crippen molar-refractivity contribution in [1.82, 2.24) is 9.97 Å². The van der Waals surface area contributed by atoms with Gasteiger partial charge in [0.2, 0.25) is 0 Å². The summed E-state index contributed by atoms with van der Waals surface area (Å²) in [4.78, 5) is 21.6. The molecule has 0 saturated heterocycles. The Morgan fingerprint density at radius 1 is 1.32 bits per heavy atom. The van der Waals surface area contributed by atoms with E-state index in [1.54, 1.807) is 6.07 Å². The number of rotatable bonds is 3. The lowest BCUT2D eigenvalue weighted by Gasteiger charge is -2.08. The van der Waals surface area contributed by atoms with E-state index in [9.17, 15) is 4.79 Å². The van der Waals surface area contributed by atoms with E-state index in [0.29, 0.717) is 15.7 Å². The molecule has 0 unspecified atom stereocenters. The number of anilines is 2. The minimum absolute atomic E-state index is 0.371. The molecule has 2 aromatic heterocycles. The average Bonchev–Trinajstić information content (AvgIpc) is 2.87. The van der Waals surface area contributed by atoms with Crippen LogP contribution >= 0.6 is 22.9 Å². The molecule has 0 radical (unpaired) electrons. The van der Waals surface area contributed by atoms with E-state index in [2.05, 4.69) is 15.3 Å². The molecule has 3 rings (SSSR count). The van der Waals surface area contributed by atoms with Gasteiger partial charge in [0, 0.05) is 0 Å². The van der Waals surface area contributed by atoms with Gasteiger partial charge in [-0.25, -0.2) is 14.8 Å². The van der Waals surface area contributed by atoms with Gasteiger partial charge in [-0.1, -0.05) is 23.7 Å². The number of methoxy groups -OCH3 is 1. The molecular formula is C15H12ClN3O2S. The quantitative estimate of drug-likeness (QED) is 0.728. The van der Waals surface area contributed by atoms with Gasteiger partial charge in [-0.2, -0.15) is 0 Å². The number of para-hydroxylation sites is 1. The zero-order valence-corrected chi connectivity index (χ0v) is 13.5. The molecule has 2 heterocycles. The topological polar surface area (TPSA) is 64.1 Å². The standard InChI is InChI=1S/C15H12ClN3O2S/c1-8-11-13(19-10-6-4-3-5-9(10)16)17-7-18-14(11)22-12(8)15(20)21-2/h3-7H,1-2H3,(H,17,18,19). The predicted molar refractivity (Wildman–Crippen MR) is 88.2 cm³/mol. The van der Waals surface area contributed by atoms with Crippen LogP contribution in [0.4, 0.5) is 11.5 Å². The van der Waals surface area contributed by atoms with Crippen LogP contribution in [0.1, 0.15) is 15.2 Å². The summed E-state index contributed by atoms with van der Waals surface area (Å²) >= 11 is 7.45. The van der Waals surface area contributed by atoms with Gasteiger partial charge < -0.3 is 10.1 Å². The first-order valence-corrected chi connectivity index (χ1v) is 7.65. The largest absolute Gasteiger partial charge is 0.465 e. The summed E-state index contributed by atoms with van der Waals surface area (Å²) in [6.45, 7) is 1.85. The number of hydrogen-bond acceptors (Lipinski definition) is 6. The van der Waals surface area contributed by atoms with Crippen molar-refractivity contribution in [3.8, 4) is 0 Å². The number of aromatic nitrogens is 2. The summed E-state index contributed by atoms with van der Waals surface area (Å²) < 4.78 is 4.81. The number of benzene rings is 1.